The average molecular weight is 244 g/mol. The number of halogens is 1. The van der Waals surface area contributed by atoms with Gasteiger partial charge in [-0.2, -0.15) is 0 Å². The second kappa shape index (κ2) is 4.15. The predicted molar refractivity (Wildman–Crippen MR) is 72.1 cm³/mol. The lowest BCUT2D eigenvalue weighted by molar-refractivity contribution is 0.898. The Morgan fingerprint density at radius 2 is 2.18 bits per heavy atom. The quantitative estimate of drug-likeness (QED) is 0.723. The summed E-state index contributed by atoms with van der Waals surface area (Å²) in [5.74, 6) is 0. The molecule has 0 atom stereocenters. The SMILES string of the molecule is C=C1C=C(c2cc(Cl)c3c(n2)CCC3)C=CC1. The molecule has 0 fully saturated rings. The van der Waals surface area contributed by atoms with E-state index in [1.165, 1.54) is 17.7 Å². The van der Waals surface area contributed by atoms with Gasteiger partial charge in [0, 0.05) is 16.3 Å². The smallest absolute Gasteiger partial charge is 0.0720 e. The van der Waals surface area contributed by atoms with Crippen molar-refractivity contribution in [2.75, 3.05) is 0 Å². The molecule has 86 valence electrons. The molecule has 1 aromatic heterocycles. The Kier molecular flexibility index (Phi) is 2.64. The molecule has 0 spiro atoms. The normalized spacial score (nSPS) is 18.2. The number of aryl methyl sites for hydroxylation is 1. The largest absolute Gasteiger partial charge is 0.252 e. The minimum absolute atomic E-state index is 0.869. The van der Waals surface area contributed by atoms with E-state index in [0.29, 0.717) is 0 Å². The van der Waals surface area contributed by atoms with Crippen molar-refractivity contribution in [3.05, 3.63) is 58.4 Å². The van der Waals surface area contributed by atoms with Crippen molar-refractivity contribution in [2.24, 2.45) is 0 Å². The standard InChI is InChI=1S/C15H14ClN/c1-10-4-2-5-11(8-10)15-9-13(16)12-6-3-7-14(12)17-15/h2,5,8-9H,1,3-4,6-7H2. The van der Waals surface area contributed by atoms with Crippen LogP contribution >= 0.6 is 11.6 Å². The lowest BCUT2D eigenvalue weighted by Crippen LogP contribution is -1.97. The van der Waals surface area contributed by atoms with Crippen LogP contribution in [0.15, 0.2) is 36.4 Å². The molecule has 0 saturated carbocycles. The third-order valence-corrected chi connectivity index (χ3v) is 3.67. The first-order valence-electron chi connectivity index (χ1n) is 5.99. The second-order valence-electron chi connectivity index (χ2n) is 4.63. The molecule has 1 aromatic rings. The maximum absolute atomic E-state index is 6.32. The van der Waals surface area contributed by atoms with Gasteiger partial charge in [-0.25, -0.2) is 0 Å². The molecule has 0 aromatic carbocycles. The molecule has 0 bridgehead atoms. The zero-order valence-electron chi connectivity index (χ0n) is 9.67. The van der Waals surface area contributed by atoms with E-state index in [0.717, 1.165) is 41.1 Å². The zero-order chi connectivity index (χ0) is 11.8. The molecule has 0 saturated heterocycles. The molecule has 0 unspecified atom stereocenters. The first-order valence-corrected chi connectivity index (χ1v) is 6.36. The van der Waals surface area contributed by atoms with E-state index in [1.54, 1.807) is 0 Å². The van der Waals surface area contributed by atoms with Crippen molar-refractivity contribution in [3.8, 4) is 0 Å². The first-order chi connectivity index (χ1) is 8.24. The van der Waals surface area contributed by atoms with Crippen LogP contribution in [0.4, 0.5) is 0 Å². The molecular weight excluding hydrogens is 230 g/mol. The van der Waals surface area contributed by atoms with Gasteiger partial charge in [-0.1, -0.05) is 35.9 Å². The summed E-state index contributed by atoms with van der Waals surface area (Å²) >= 11 is 6.32. The van der Waals surface area contributed by atoms with E-state index in [1.807, 2.05) is 6.07 Å². The number of hydrogen-bond acceptors (Lipinski definition) is 1. The van der Waals surface area contributed by atoms with E-state index in [-0.39, 0.29) is 0 Å². The van der Waals surface area contributed by atoms with Crippen LogP contribution in [0.1, 0.15) is 29.8 Å². The van der Waals surface area contributed by atoms with Crippen LogP contribution in [-0.4, -0.2) is 4.98 Å². The summed E-state index contributed by atoms with van der Waals surface area (Å²) in [6.45, 7) is 4.00. The molecule has 1 heterocycles. The summed E-state index contributed by atoms with van der Waals surface area (Å²) < 4.78 is 0. The van der Waals surface area contributed by atoms with Gasteiger partial charge in [-0.3, -0.25) is 4.98 Å². The number of aromatic nitrogens is 1. The number of allylic oxidation sites excluding steroid dienone is 5. The van der Waals surface area contributed by atoms with E-state index < -0.39 is 0 Å². The second-order valence-corrected chi connectivity index (χ2v) is 5.04. The van der Waals surface area contributed by atoms with E-state index >= 15 is 0 Å². The van der Waals surface area contributed by atoms with Crippen molar-refractivity contribution in [2.45, 2.75) is 25.7 Å². The van der Waals surface area contributed by atoms with Crippen LogP contribution in [0.5, 0.6) is 0 Å². The summed E-state index contributed by atoms with van der Waals surface area (Å²) in [7, 11) is 0. The van der Waals surface area contributed by atoms with Crippen molar-refractivity contribution in [1.29, 1.82) is 0 Å². The Labute approximate surface area is 107 Å². The lowest BCUT2D eigenvalue weighted by atomic mass is 10.00. The van der Waals surface area contributed by atoms with Crippen molar-refractivity contribution >= 4 is 17.2 Å². The monoisotopic (exact) mass is 243 g/mol. The summed E-state index contributed by atoms with van der Waals surface area (Å²) in [6, 6.07) is 1.99. The Morgan fingerprint density at radius 1 is 1.29 bits per heavy atom. The fraction of sp³-hybridized carbons (Fsp3) is 0.267. The van der Waals surface area contributed by atoms with Crippen LogP contribution in [0.25, 0.3) is 5.57 Å². The summed E-state index contributed by atoms with van der Waals surface area (Å²) in [6.07, 6.45) is 10.6. The van der Waals surface area contributed by atoms with E-state index in [9.17, 15) is 0 Å². The number of fused-ring (bicyclic) bond motifs is 1. The van der Waals surface area contributed by atoms with Gasteiger partial charge in [0.25, 0.3) is 0 Å². The third-order valence-electron chi connectivity index (χ3n) is 3.33. The summed E-state index contributed by atoms with van der Waals surface area (Å²) in [4.78, 5) is 4.73. The maximum Gasteiger partial charge on any atom is 0.0720 e. The highest BCUT2D eigenvalue weighted by atomic mass is 35.5. The molecular formula is C15H14ClN. The highest BCUT2D eigenvalue weighted by molar-refractivity contribution is 6.31. The van der Waals surface area contributed by atoms with Crippen LogP contribution in [0.3, 0.4) is 0 Å². The van der Waals surface area contributed by atoms with Gasteiger partial charge in [0.1, 0.15) is 0 Å². The molecule has 2 aliphatic rings. The van der Waals surface area contributed by atoms with Gasteiger partial charge < -0.3 is 0 Å². The molecule has 0 radical (unpaired) electrons. The Balaban J connectivity index is 2.07. The molecule has 0 aliphatic heterocycles. The van der Waals surface area contributed by atoms with Gasteiger partial charge in [0.2, 0.25) is 0 Å². The first kappa shape index (κ1) is 10.8. The van der Waals surface area contributed by atoms with Crippen LogP contribution in [0, 0.1) is 0 Å². The third kappa shape index (κ3) is 1.96. The van der Waals surface area contributed by atoms with Crippen LogP contribution < -0.4 is 0 Å². The zero-order valence-corrected chi connectivity index (χ0v) is 10.4. The van der Waals surface area contributed by atoms with Crippen molar-refractivity contribution in [3.63, 3.8) is 0 Å². The van der Waals surface area contributed by atoms with Gasteiger partial charge >= 0.3 is 0 Å². The average Bonchev–Trinajstić information content (AvgIpc) is 2.77. The molecule has 17 heavy (non-hydrogen) atoms. The van der Waals surface area contributed by atoms with E-state index in [4.69, 9.17) is 16.6 Å². The van der Waals surface area contributed by atoms with Crippen LogP contribution in [0.2, 0.25) is 5.02 Å². The Bertz CT molecular complexity index is 552. The summed E-state index contributed by atoms with van der Waals surface area (Å²) in [5, 5.41) is 0.869. The fourth-order valence-corrected chi connectivity index (χ4v) is 2.77. The maximum atomic E-state index is 6.32. The number of rotatable bonds is 1. The van der Waals surface area contributed by atoms with Gasteiger partial charge in [0.15, 0.2) is 0 Å². The number of pyridine rings is 1. The molecule has 0 N–H and O–H groups in total. The van der Waals surface area contributed by atoms with Gasteiger partial charge in [-0.05, 0) is 43.4 Å². The topological polar surface area (TPSA) is 12.9 Å². The Morgan fingerprint density at radius 3 is 3.00 bits per heavy atom. The predicted octanol–water partition coefficient (Wildman–Crippen LogP) is 4.12. The lowest BCUT2D eigenvalue weighted by Gasteiger charge is -2.11. The van der Waals surface area contributed by atoms with Gasteiger partial charge in [-0.15, -0.1) is 0 Å². The summed E-state index contributed by atoms with van der Waals surface area (Å²) in [5.41, 5.74) is 5.65. The molecule has 3 rings (SSSR count). The fourth-order valence-electron chi connectivity index (χ4n) is 2.46. The minimum Gasteiger partial charge on any atom is -0.252 e. The van der Waals surface area contributed by atoms with Crippen molar-refractivity contribution < 1.29 is 0 Å². The highest BCUT2D eigenvalue weighted by Gasteiger charge is 2.18. The van der Waals surface area contributed by atoms with Gasteiger partial charge in [0.05, 0.1) is 5.69 Å². The minimum atomic E-state index is 0.869. The van der Waals surface area contributed by atoms with E-state index in [2.05, 4.69) is 24.8 Å². The highest BCUT2D eigenvalue weighted by Crippen LogP contribution is 2.31. The molecule has 2 aliphatic carbocycles. The molecule has 1 nitrogen and oxygen atoms in total. The molecule has 2 heteroatoms. The van der Waals surface area contributed by atoms with Crippen molar-refractivity contribution in [1.82, 2.24) is 4.98 Å². The number of nitrogens with zero attached hydrogens (tertiary/aromatic N) is 1. The number of hydrogen-bond donors (Lipinski definition) is 0. The van der Waals surface area contributed by atoms with Crippen LogP contribution in [-0.2, 0) is 12.8 Å². The molecule has 0 amide bonds. The Hall–Kier alpha value is -1.34.